The van der Waals surface area contributed by atoms with Crippen molar-refractivity contribution in [2.75, 3.05) is 12.3 Å². The van der Waals surface area contributed by atoms with Gasteiger partial charge in [0.15, 0.2) is 5.65 Å². The predicted octanol–water partition coefficient (Wildman–Crippen LogP) is 3.60. The number of carbonyl (C=O) groups is 1. The summed E-state index contributed by atoms with van der Waals surface area (Å²) in [5.74, 6) is 0.118. The van der Waals surface area contributed by atoms with Crippen molar-refractivity contribution in [3.63, 3.8) is 0 Å². The summed E-state index contributed by atoms with van der Waals surface area (Å²) < 4.78 is 1.80. The van der Waals surface area contributed by atoms with Crippen LogP contribution in [0.5, 0.6) is 0 Å². The highest BCUT2D eigenvalue weighted by atomic mass is 16.1. The van der Waals surface area contributed by atoms with E-state index in [4.69, 9.17) is 15.7 Å². The molecule has 0 bridgehead atoms. The molecule has 0 aliphatic rings. The maximum Gasteiger partial charge on any atom is 0.257 e. The third kappa shape index (κ3) is 2.89. The fourth-order valence-electron chi connectivity index (χ4n) is 3.17. The molecule has 0 saturated heterocycles. The van der Waals surface area contributed by atoms with Gasteiger partial charge in [-0.05, 0) is 37.6 Å². The van der Waals surface area contributed by atoms with Crippen molar-refractivity contribution in [3.05, 3.63) is 59.7 Å². The van der Waals surface area contributed by atoms with Crippen LogP contribution in [0.25, 0.3) is 27.9 Å². The number of amides is 1. The second-order valence-corrected chi connectivity index (χ2v) is 6.57. The Morgan fingerprint density at radius 3 is 2.41 bits per heavy atom. The van der Waals surface area contributed by atoms with Gasteiger partial charge in [-0.3, -0.25) is 9.36 Å². The van der Waals surface area contributed by atoms with Gasteiger partial charge in [-0.25, -0.2) is 9.97 Å². The summed E-state index contributed by atoms with van der Waals surface area (Å²) in [4.78, 5) is 22.3. The Bertz CT molecular complexity index is 1140. The van der Waals surface area contributed by atoms with Gasteiger partial charge in [-0.15, -0.1) is 0 Å². The minimum absolute atomic E-state index is 0.227. The van der Waals surface area contributed by atoms with Crippen molar-refractivity contribution >= 4 is 33.9 Å². The normalized spacial score (nSPS) is 11.2. The zero-order chi connectivity index (χ0) is 19.0. The standard InChI is InChI=1S/C21H21N5O/c1-3-12-23-21(27)17-18-20(25-16-7-5-4-6-15(16)24-18)26(19(17)22)14-10-8-13(2)9-11-14/h4-11H,3,12,22H2,1-2H3,(H,23,27). The number of nitrogen functional groups attached to an aromatic ring is 1. The molecular formula is C21H21N5O. The van der Waals surface area contributed by atoms with Gasteiger partial charge in [0.2, 0.25) is 0 Å². The lowest BCUT2D eigenvalue weighted by Crippen LogP contribution is -2.25. The quantitative estimate of drug-likeness (QED) is 0.583. The van der Waals surface area contributed by atoms with Crippen molar-refractivity contribution in [1.29, 1.82) is 0 Å². The Kier molecular flexibility index (Phi) is 4.24. The lowest BCUT2D eigenvalue weighted by Gasteiger charge is -2.08. The maximum atomic E-state index is 12.8. The molecule has 1 amide bonds. The van der Waals surface area contributed by atoms with E-state index < -0.39 is 0 Å². The highest BCUT2D eigenvalue weighted by Gasteiger charge is 2.24. The Morgan fingerprint density at radius 1 is 1.07 bits per heavy atom. The third-order valence-electron chi connectivity index (χ3n) is 4.55. The van der Waals surface area contributed by atoms with E-state index in [9.17, 15) is 4.79 Å². The number of hydrogen-bond donors (Lipinski definition) is 2. The first kappa shape index (κ1) is 17.0. The molecule has 3 N–H and O–H groups in total. The van der Waals surface area contributed by atoms with Crippen molar-refractivity contribution in [2.24, 2.45) is 0 Å². The monoisotopic (exact) mass is 359 g/mol. The predicted molar refractivity (Wildman–Crippen MR) is 108 cm³/mol. The van der Waals surface area contributed by atoms with E-state index in [1.807, 2.05) is 62.4 Å². The van der Waals surface area contributed by atoms with Crippen LogP contribution in [0.3, 0.4) is 0 Å². The fraction of sp³-hybridized carbons (Fsp3) is 0.190. The summed E-state index contributed by atoms with van der Waals surface area (Å²) in [5.41, 5.74) is 11.4. The Labute approximate surface area is 157 Å². The van der Waals surface area contributed by atoms with Crippen LogP contribution in [0.15, 0.2) is 48.5 Å². The SMILES string of the molecule is CCCNC(=O)c1c(N)n(-c2ccc(C)cc2)c2nc3ccccc3nc12. The molecule has 6 nitrogen and oxygen atoms in total. The Hall–Kier alpha value is -3.41. The number of nitrogens with one attached hydrogen (secondary N) is 1. The van der Waals surface area contributed by atoms with Crippen LogP contribution in [0.2, 0.25) is 0 Å². The molecule has 4 rings (SSSR count). The van der Waals surface area contributed by atoms with E-state index in [0.717, 1.165) is 28.7 Å². The smallest absolute Gasteiger partial charge is 0.257 e. The first-order chi connectivity index (χ1) is 13.1. The summed E-state index contributed by atoms with van der Waals surface area (Å²) in [5, 5.41) is 2.90. The molecule has 2 heterocycles. The summed E-state index contributed by atoms with van der Waals surface area (Å²) in [6.45, 7) is 4.61. The number of nitrogens with zero attached hydrogens (tertiary/aromatic N) is 3. The molecule has 0 atom stereocenters. The zero-order valence-electron chi connectivity index (χ0n) is 15.4. The summed E-state index contributed by atoms with van der Waals surface area (Å²) >= 11 is 0. The summed E-state index contributed by atoms with van der Waals surface area (Å²) in [6, 6.07) is 15.6. The highest BCUT2D eigenvalue weighted by molar-refractivity contribution is 6.11. The topological polar surface area (TPSA) is 85.8 Å². The number of para-hydroxylation sites is 2. The van der Waals surface area contributed by atoms with Gasteiger partial charge < -0.3 is 11.1 Å². The molecule has 0 radical (unpaired) electrons. The summed E-state index contributed by atoms with van der Waals surface area (Å²) in [7, 11) is 0. The van der Waals surface area contributed by atoms with Gasteiger partial charge in [0.05, 0.1) is 11.0 Å². The molecule has 4 aromatic rings. The number of rotatable bonds is 4. The number of aromatic nitrogens is 3. The van der Waals surface area contributed by atoms with Gasteiger partial charge in [-0.2, -0.15) is 0 Å². The van der Waals surface area contributed by atoms with E-state index in [1.165, 1.54) is 0 Å². The number of hydrogen-bond acceptors (Lipinski definition) is 4. The molecule has 0 unspecified atom stereocenters. The second kappa shape index (κ2) is 6.72. The zero-order valence-corrected chi connectivity index (χ0v) is 15.4. The van der Waals surface area contributed by atoms with Gasteiger partial charge in [0, 0.05) is 12.2 Å². The van der Waals surface area contributed by atoms with Gasteiger partial charge in [-0.1, -0.05) is 36.8 Å². The van der Waals surface area contributed by atoms with E-state index in [-0.39, 0.29) is 5.91 Å². The van der Waals surface area contributed by atoms with Crippen LogP contribution in [0, 0.1) is 6.92 Å². The number of benzene rings is 2. The largest absolute Gasteiger partial charge is 0.384 e. The Balaban J connectivity index is 2.03. The number of nitrogens with two attached hydrogens (primary N) is 1. The number of carbonyl (C=O) groups excluding carboxylic acids is 1. The first-order valence-electron chi connectivity index (χ1n) is 9.02. The number of fused-ring (bicyclic) bond motifs is 2. The van der Waals surface area contributed by atoms with Crippen LogP contribution < -0.4 is 11.1 Å². The van der Waals surface area contributed by atoms with Gasteiger partial charge >= 0.3 is 0 Å². The fourth-order valence-corrected chi connectivity index (χ4v) is 3.17. The molecule has 0 saturated carbocycles. The molecule has 0 spiro atoms. The van der Waals surface area contributed by atoms with Crippen LogP contribution >= 0.6 is 0 Å². The van der Waals surface area contributed by atoms with Crippen molar-refractivity contribution < 1.29 is 4.79 Å². The van der Waals surface area contributed by atoms with Crippen molar-refractivity contribution in [3.8, 4) is 5.69 Å². The van der Waals surface area contributed by atoms with E-state index in [2.05, 4.69) is 5.32 Å². The molecular weight excluding hydrogens is 338 g/mol. The van der Waals surface area contributed by atoms with Crippen LogP contribution in [-0.4, -0.2) is 27.0 Å². The van der Waals surface area contributed by atoms with Crippen LogP contribution in [-0.2, 0) is 0 Å². The van der Waals surface area contributed by atoms with Crippen LogP contribution in [0.1, 0.15) is 29.3 Å². The molecule has 27 heavy (non-hydrogen) atoms. The van der Waals surface area contributed by atoms with Crippen LogP contribution in [0.4, 0.5) is 5.82 Å². The van der Waals surface area contributed by atoms with Crippen molar-refractivity contribution in [1.82, 2.24) is 19.9 Å². The van der Waals surface area contributed by atoms with Gasteiger partial charge in [0.1, 0.15) is 16.9 Å². The number of aryl methyl sites for hydroxylation is 1. The van der Waals surface area contributed by atoms with Gasteiger partial charge in [0.25, 0.3) is 5.91 Å². The third-order valence-corrected chi connectivity index (χ3v) is 4.55. The molecule has 2 aromatic heterocycles. The van der Waals surface area contributed by atoms with E-state index >= 15 is 0 Å². The van der Waals surface area contributed by atoms with Crippen molar-refractivity contribution in [2.45, 2.75) is 20.3 Å². The molecule has 0 fully saturated rings. The average molecular weight is 359 g/mol. The van der Waals surface area contributed by atoms with E-state index in [0.29, 0.717) is 29.1 Å². The second-order valence-electron chi connectivity index (χ2n) is 6.57. The summed E-state index contributed by atoms with van der Waals surface area (Å²) in [6.07, 6.45) is 0.844. The Morgan fingerprint density at radius 2 is 1.74 bits per heavy atom. The lowest BCUT2D eigenvalue weighted by molar-refractivity contribution is 0.0956. The van der Waals surface area contributed by atoms with E-state index in [1.54, 1.807) is 4.57 Å². The molecule has 0 aliphatic heterocycles. The average Bonchev–Trinajstić information content (AvgIpc) is 2.96. The maximum absolute atomic E-state index is 12.8. The molecule has 6 heteroatoms. The first-order valence-corrected chi connectivity index (χ1v) is 9.02. The minimum atomic E-state index is -0.227. The lowest BCUT2D eigenvalue weighted by atomic mass is 10.2. The highest BCUT2D eigenvalue weighted by Crippen LogP contribution is 2.31. The molecule has 2 aromatic carbocycles. The molecule has 0 aliphatic carbocycles. The number of anilines is 1. The molecule has 136 valence electrons. The minimum Gasteiger partial charge on any atom is -0.384 e.